The monoisotopic (exact) mass is 258 g/mol. The first-order chi connectivity index (χ1) is 9.24. The van der Waals surface area contributed by atoms with E-state index in [1.807, 2.05) is 37.3 Å². The first kappa shape index (κ1) is 13.4. The summed E-state index contributed by atoms with van der Waals surface area (Å²) in [5, 5.41) is 0. The number of amides is 1. The molecule has 0 spiro atoms. The van der Waals surface area contributed by atoms with Crippen LogP contribution in [0.25, 0.3) is 0 Å². The minimum Gasteiger partial charge on any atom is -0.459 e. The molecule has 2 aromatic rings. The van der Waals surface area contributed by atoms with Gasteiger partial charge in [-0.1, -0.05) is 18.2 Å². The van der Waals surface area contributed by atoms with Gasteiger partial charge in [0.1, 0.15) is 0 Å². The van der Waals surface area contributed by atoms with E-state index in [1.165, 1.54) is 6.26 Å². The van der Waals surface area contributed by atoms with Crippen molar-refractivity contribution in [2.24, 2.45) is 5.73 Å². The lowest BCUT2D eigenvalue weighted by atomic mass is 10.2. The Kier molecular flexibility index (Phi) is 4.36. The fraction of sp³-hybridized carbons (Fsp3) is 0.267. The third-order valence-electron chi connectivity index (χ3n) is 2.96. The molecule has 1 aromatic carbocycles. The molecule has 1 amide bonds. The average molecular weight is 258 g/mol. The van der Waals surface area contributed by atoms with Crippen molar-refractivity contribution >= 4 is 11.6 Å². The molecule has 2 rings (SSSR count). The van der Waals surface area contributed by atoms with Gasteiger partial charge in [-0.2, -0.15) is 0 Å². The number of benzene rings is 1. The number of anilines is 1. The number of nitrogens with zero attached hydrogens (tertiary/aromatic N) is 1. The Morgan fingerprint density at radius 3 is 2.58 bits per heavy atom. The van der Waals surface area contributed by atoms with Crippen molar-refractivity contribution < 1.29 is 9.21 Å². The van der Waals surface area contributed by atoms with E-state index in [-0.39, 0.29) is 5.91 Å². The molecule has 19 heavy (non-hydrogen) atoms. The van der Waals surface area contributed by atoms with E-state index in [9.17, 15) is 4.79 Å². The van der Waals surface area contributed by atoms with E-state index in [4.69, 9.17) is 10.2 Å². The summed E-state index contributed by atoms with van der Waals surface area (Å²) in [6.45, 7) is 3.00. The van der Waals surface area contributed by atoms with Crippen LogP contribution in [0.1, 0.15) is 22.5 Å². The predicted molar refractivity (Wildman–Crippen MR) is 75.2 cm³/mol. The molecular formula is C15H18N2O2. The summed E-state index contributed by atoms with van der Waals surface area (Å²) in [5.74, 6) is 0.267. The molecule has 2 N–H and O–H groups in total. The number of para-hydroxylation sites is 1. The number of carbonyl (C=O) groups is 1. The molecule has 4 nitrogen and oxygen atoms in total. The summed E-state index contributed by atoms with van der Waals surface area (Å²) < 4.78 is 5.29. The quantitative estimate of drug-likeness (QED) is 0.896. The highest BCUT2D eigenvalue weighted by atomic mass is 16.3. The second kappa shape index (κ2) is 6.20. The van der Waals surface area contributed by atoms with Gasteiger partial charge >= 0.3 is 0 Å². The fourth-order valence-corrected chi connectivity index (χ4v) is 1.92. The first-order valence-electron chi connectivity index (χ1n) is 6.35. The number of carbonyl (C=O) groups excluding carboxylic acids is 1. The van der Waals surface area contributed by atoms with Crippen molar-refractivity contribution in [2.45, 2.75) is 13.3 Å². The molecule has 1 heterocycles. The second-order valence-corrected chi connectivity index (χ2v) is 4.37. The molecule has 4 heteroatoms. The van der Waals surface area contributed by atoms with Gasteiger partial charge < -0.3 is 15.1 Å². The van der Waals surface area contributed by atoms with Crippen molar-refractivity contribution in [1.29, 1.82) is 0 Å². The van der Waals surface area contributed by atoms with E-state index in [0.29, 0.717) is 18.8 Å². The summed E-state index contributed by atoms with van der Waals surface area (Å²) in [5.41, 5.74) is 7.25. The van der Waals surface area contributed by atoms with Gasteiger partial charge in [-0.25, -0.2) is 0 Å². The molecule has 0 aliphatic rings. The van der Waals surface area contributed by atoms with Gasteiger partial charge in [0.25, 0.3) is 5.91 Å². The van der Waals surface area contributed by atoms with Gasteiger partial charge in [0.2, 0.25) is 0 Å². The van der Waals surface area contributed by atoms with E-state index >= 15 is 0 Å². The number of furan rings is 1. The zero-order valence-corrected chi connectivity index (χ0v) is 11.0. The highest BCUT2D eigenvalue weighted by molar-refractivity contribution is 6.05. The van der Waals surface area contributed by atoms with Gasteiger partial charge in [-0.15, -0.1) is 0 Å². The van der Waals surface area contributed by atoms with Crippen LogP contribution in [-0.4, -0.2) is 19.0 Å². The van der Waals surface area contributed by atoms with Crippen LogP contribution in [0.3, 0.4) is 0 Å². The Morgan fingerprint density at radius 1 is 1.26 bits per heavy atom. The number of nitrogens with two attached hydrogens (primary N) is 1. The summed E-state index contributed by atoms with van der Waals surface area (Å²) in [7, 11) is 0. The minimum atomic E-state index is -0.123. The van der Waals surface area contributed by atoms with Crippen molar-refractivity contribution in [3.63, 3.8) is 0 Å². The lowest BCUT2D eigenvalue weighted by Crippen LogP contribution is -2.33. The van der Waals surface area contributed by atoms with Crippen LogP contribution in [0.4, 0.5) is 5.69 Å². The lowest BCUT2D eigenvalue weighted by molar-refractivity contribution is 0.0959. The molecule has 0 aliphatic carbocycles. The Hall–Kier alpha value is -2.07. The van der Waals surface area contributed by atoms with Gasteiger partial charge in [0, 0.05) is 17.8 Å². The number of hydrogen-bond donors (Lipinski definition) is 1. The molecular weight excluding hydrogens is 240 g/mol. The van der Waals surface area contributed by atoms with E-state index in [0.717, 1.165) is 17.7 Å². The smallest absolute Gasteiger partial charge is 0.294 e. The summed E-state index contributed by atoms with van der Waals surface area (Å²) in [6.07, 6.45) is 2.29. The third kappa shape index (κ3) is 3.03. The molecule has 0 radical (unpaired) electrons. The molecule has 100 valence electrons. The topological polar surface area (TPSA) is 59.5 Å². The van der Waals surface area contributed by atoms with Crippen LogP contribution >= 0.6 is 0 Å². The number of hydrogen-bond acceptors (Lipinski definition) is 3. The van der Waals surface area contributed by atoms with E-state index < -0.39 is 0 Å². The Balaban J connectivity index is 2.28. The van der Waals surface area contributed by atoms with Gasteiger partial charge in [-0.3, -0.25) is 4.79 Å². The van der Waals surface area contributed by atoms with Crippen LogP contribution in [0.5, 0.6) is 0 Å². The Morgan fingerprint density at radius 2 is 2.00 bits per heavy atom. The van der Waals surface area contributed by atoms with Crippen molar-refractivity contribution in [3.8, 4) is 0 Å². The minimum absolute atomic E-state index is 0.123. The molecule has 1 aromatic heterocycles. The molecule has 0 unspecified atom stereocenters. The van der Waals surface area contributed by atoms with Crippen molar-refractivity contribution in [3.05, 3.63) is 54.0 Å². The van der Waals surface area contributed by atoms with E-state index in [2.05, 4.69) is 0 Å². The van der Waals surface area contributed by atoms with Crippen LogP contribution in [0.2, 0.25) is 0 Å². The Labute approximate surface area is 112 Å². The second-order valence-electron chi connectivity index (χ2n) is 4.37. The molecule has 0 aliphatic heterocycles. The number of aryl methyl sites for hydroxylation is 1. The van der Waals surface area contributed by atoms with Crippen LogP contribution in [-0.2, 0) is 0 Å². The normalized spacial score (nSPS) is 10.4. The number of rotatable bonds is 5. The van der Waals surface area contributed by atoms with Crippen LogP contribution in [0.15, 0.2) is 47.1 Å². The van der Waals surface area contributed by atoms with Gasteiger partial charge in [-0.05, 0) is 38.1 Å². The molecule has 0 fully saturated rings. The largest absolute Gasteiger partial charge is 0.459 e. The molecule has 0 saturated heterocycles. The van der Waals surface area contributed by atoms with Gasteiger partial charge in [0.15, 0.2) is 5.76 Å². The fourth-order valence-electron chi connectivity index (χ4n) is 1.92. The SMILES string of the molecule is Cc1ccoc1C(=O)N(CCCN)c1ccccc1. The van der Waals surface area contributed by atoms with Crippen LogP contribution < -0.4 is 10.6 Å². The van der Waals surface area contributed by atoms with E-state index in [1.54, 1.807) is 11.0 Å². The summed E-state index contributed by atoms with van der Waals surface area (Å²) in [6, 6.07) is 11.4. The van der Waals surface area contributed by atoms with Gasteiger partial charge in [0.05, 0.1) is 6.26 Å². The maximum Gasteiger partial charge on any atom is 0.294 e. The summed E-state index contributed by atoms with van der Waals surface area (Å²) >= 11 is 0. The maximum absolute atomic E-state index is 12.5. The van der Waals surface area contributed by atoms with Crippen LogP contribution in [0, 0.1) is 6.92 Å². The standard InChI is InChI=1S/C15H18N2O2/c1-12-8-11-19-14(12)15(18)17(10-5-9-16)13-6-3-2-4-7-13/h2-4,6-8,11H,5,9-10,16H2,1H3. The average Bonchev–Trinajstić information content (AvgIpc) is 2.86. The molecule has 0 saturated carbocycles. The highest BCUT2D eigenvalue weighted by Gasteiger charge is 2.21. The highest BCUT2D eigenvalue weighted by Crippen LogP contribution is 2.19. The zero-order valence-electron chi connectivity index (χ0n) is 11.0. The summed E-state index contributed by atoms with van der Waals surface area (Å²) in [4.78, 5) is 14.2. The third-order valence-corrected chi connectivity index (χ3v) is 2.96. The van der Waals surface area contributed by atoms with Crippen molar-refractivity contribution in [1.82, 2.24) is 0 Å². The lowest BCUT2D eigenvalue weighted by Gasteiger charge is -2.21. The molecule has 0 atom stereocenters. The maximum atomic E-state index is 12.5. The Bertz CT molecular complexity index is 534. The first-order valence-corrected chi connectivity index (χ1v) is 6.35. The predicted octanol–water partition coefficient (Wildman–Crippen LogP) is 2.58. The zero-order chi connectivity index (χ0) is 13.7. The van der Waals surface area contributed by atoms with Crippen molar-refractivity contribution in [2.75, 3.05) is 18.0 Å². The molecule has 0 bridgehead atoms.